The molecular formula is C20H21BrN2O2S. The van der Waals surface area contributed by atoms with Crippen LogP contribution in [0.1, 0.15) is 24.8 Å². The highest BCUT2D eigenvalue weighted by atomic mass is 79.9. The maximum atomic E-state index is 12.7. The molecular weight excluding hydrogens is 412 g/mol. The van der Waals surface area contributed by atoms with Crippen LogP contribution in [-0.4, -0.2) is 25.8 Å². The van der Waals surface area contributed by atoms with E-state index in [9.17, 15) is 13.7 Å². The molecule has 0 radical (unpaired) electrons. The van der Waals surface area contributed by atoms with Gasteiger partial charge < -0.3 is 0 Å². The van der Waals surface area contributed by atoms with Crippen molar-refractivity contribution in [2.75, 3.05) is 13.1 Å². The highest BCUT2D eigenvalue weighted by Gasteiger charge is 2.38. The Hall–Kier alpha value is -1.68. The average Bonchev–Trinajstić information content (AvgIpc) is 2.68. The predicted octanol–water partition coefficient (Wildman–Crippen LogP) is 4.38. The lowest BCUT2D eigenvalue weighted by Crippen LogP contribution is -2.42. The van der Waals surface area contributed by atoms with Crippen LogP contribution >= 0.6 is 15.9 Å². The molecule has 2 aromatic rings. The molecule has 1 heterocycles. The van der Waals surface area contributed by atoms with Gasteiger partial charge in [0.1, 0.15) is 0 Å². The predicted molar refractivity (Wildman–Crippen MR) is 105 cm³/mol. The number of hydrogen-bond donors (Lipinski definition) is 0. The molecule has 0 aromatic heterocycles. The fraction of sp³-hybridized carbons (Fsp3) is 0.350. The molecule has 4 nitrogen and oxygen atoms in total. The summed E-state index contributed by atoms with van der Waals surface area (Å²) in [5.74, 6) is 0. The second-order valence-electron chi connectivity index (χ2n) is 6.70. The lowest BCUT2D eigenvalue weighted by molar-refractivity contribution is 0.201. The third-order valence-electron chi connectivity index (χ3n) is 5.13. The van der Waals surface area contributed by atoms with Crippen LogP contribution in [0.25, 0.3) is 0 Å². The number of aryl methyl sites for hydroxylation is 1. The average molecular weight is 433 g/mol. The van der Waals surface area contributed by atoms with Gasteiger partial charge in [-0.05, 0) is 49.4 Å². The molecule has 1 aliphatic rings. The van der Waals surface area contributed by atoms with Gasteiger partial charge in [-0.2, -0.15) is 9.57 Å². The van der Waals surface area contributed by atoms with Crippen LogP contribution in [0.4, 0.5) is 0 Å². The van der Waals surface area contributed by atoms with E-state index in [4.69, 9.17) is 0 Å². The van der Waals surface area contributed by atoms with Crippen molar-refractivity contribution in [1.29, 1.82) is 5.26 Å². The molecule has 0 saturated carbocycles. The van der Waals surface area contributed by atoms with E-state index in [1.165, 1.54) is 9.87 Å². The Balaban J connectivity index is 1.68. The van der Waals surface area contributed by atoms with E-state index >= 15 is 0 Å². The number of nitriles is 1. The quantitative estimate of drug-likeness (QED) is 0.703. The molecule has 0 N–H and O–H groups in total. The van der Waals surface area contributed by atoms with Gasteiger partial charge in [0, 0.05) is 17.6 Å². The topological polar surface area (TPSA) is 61.2 Å². The Morgan fingerprint density at radius 2 is 1.65 bits per heavy atom. The fourth-order valence-electron chi connectivity index (χ4n) is 3.39. The zero-order valence-corrected chi connectivity index (χ0v) is 16.8. The van der Waals surface area contributed by atoms with Crippen molar-refractivity contribution in [2.45, 2.75) is 30.6 Å². The highest BCUT2D eigenvalue weighted by molar-refractivity contribution is 9.10. The Labute approximate surface area is 163 Å². The summed E-state index contributed by atoms with van der Waals surface area (Å²) >= 11 is 3.55. The van der Waals surface area contributed by atoms with Crippen LogP contribution in [0.2, 0.25) is 0 Å². The second kappa shape index (κ2) is 7.91. The summed E-state index contributed by atoms with van der Waals surface area (Å²) in [6, 6.07) is 19.0. The highest BCUT2D eigenvalue weighted by Crippen LogP contribution is 2.37. The first-order valence-corrected chi connectivity index (χ1v) is 10.9. The largest absolute Gasteiger partial charge is 0.243 e. The summed E-state index contributed by atoms with van der Waals surface area (Å²) < 4.78 is 28.1. The van der Waals surface area contributed by atoms with Gasteiger partial charge in [0.2, 0.25) is 10.0 Å². The van der Waals surface area contributed by atoms with Gasteiger partial charge in [0.25, 0.3) is 0 Å². The van der Waals surface area contributed by atoms with Crippen molar-refractivity contribution in [1.82, 2.24) is 4.31 Å². The van der Waals surface area contributed by atoms with E-state index in [0.717, 1.165) is 17.3 Å². The third-order valence-corrected chi connectivity index (χ3v) is 7.81. The number of halogens is 1. The molecule has 136 valence electrons. The van der Waals surface area contributed by atoms with Crippen molar-refractivity contribution >= 4 is 26.0 Å². The monoisotopic (exact) mass is 432 g/mol. The molecule has 0 amide bonds. The number of piperidine rings is 1. The first-order chi connectivity index (χ1) is 12.5. The zero-order valence-electron chi connectivity index (χ0n) is 14.4. The molecule has 0 bridgehead atoms. The molecule has 2 aromatic carbocycles. The Kier molecular flexibility index (Phi) is 5.81. The van der Waals surface area contributed by atoms with E-state index in [-0.39, 0.29) is 0 Å². The number of rotatable bonds is 5. The molecule has 6 heteroatoms. The van der Waals surface area contributed by atoms with Crippen LogP contribution < -0.4 is 0 Å². The van der Waals surface area contributed by atoms with Gasteiger partial charge in [-0.3, -0.25) is 0 Å². The molecule has 26 heavy (non-hydrogen) atoms. The number of hydrogen-bond acceptors (Lipinski definition) is 3. The van der Waals surface area contributed by atoms with E-state index < -0.39 is 15.4 Å². The van der Waals surface area contributed by atoms with Crippen molar-refractivity contribution in [3.05, 3.63) is 64.6 Å². The van der Waals surface area contributed by atoms with E-state index in [1.54, 1.807) is 30.3 Å². The maximum absolute atomic E-state index is 12.7. The zero-order chi connectivity index (χ0) is 18.6. The summed E-state index contributed by atoms with van der Waals surface area (Å²) in [6.07, 6.45) is 2.69. The van der Waals surface area contributed by atoms with Crippen LogP contribution in [0, 0.1) is 16.7 Å². The van der Waals surface area contributed by atoms with E-state index in [0.29, 0.717) is 30.8 Å². The molecule has 0 atom stereocenters. The standard InChI is InChI=1S/C20H21BrN2O2S/c21-19-9-5-4-6-17(19)10-11-20(16-22)12-14-23(15-13-20)26(24,25)18-7-2-1-3-8-18/h1-9H,10-15H2. The van der Waals surface area contributed by atoms with Gasteiger partial charge in [0.15, 0.2) is 0 Å². The van der Waals surface area contributed by atoms with Gasteiger partial charge in [-0.1, -0.05) is 52.3 Å². The summed E-state index contributed by atoms with van der Waals surface area (Å²) in [4.78, 5) is 0.317. The lowest BCUT2D eigenvalue weighted by Gasteiger charge is -2.36. The number of benzene rings is 2. The van der Waals surface area contributed by atoms with Gasteiger partial charge in [-0.15, -0.1) is 0 Å². The maximum Gasteiger partial charge on any atom is 0.243 e. The molecule has 1 saturated heterocycles. The normalized spacial score (nSPS) is 17.5. The fourth-order valence-corrected chi connectivity index (χ4v) is 5.33. The lowest BCUT2D eigenvalue weighted by atomic mass is 9.76. The molecule has 1 fully saturated rings. The van der Waals surface area contributed by atoms with Gasteiger partial charge >= 0.3 is 0 Å². The summed E-state index contributed by atoms with van der Waals surface area (Å²) in [5, 5.41) is 9.77. The molecule has 0 unspecified atom stereocenters. The van der Waals surface area contributed by atoms with Crippen LogP contribution in [0.15, 0.2) is 64.0 Å². The number of nitrogens with zero attached hydrogens (tertiary/aromatic N) is 2. The molecule has 0 spiro atoms. The number of sulfonamides is 1. The van der Waals surface area contributed by atoms with Crippen molar-refractivity contribution in [2.24, 2.45) is 5.41 Å². The molecule has 0 aliphatic carbocycles. The Morgan fingerprint density at radius 1 is 1.04 bits per heavy atom. The van der Waals surface area contributed by atoms with Gasteiger partial charge in [0.05, 0.1) is 16.4 Å². The van der Waals surface area contributed by atoms with Crippen LogP contribution in [-0.2, 0) is 16.4 Å². The smallest absolute Gasteiger partial charge is 0.207 e. The minimum atomic E-state index is -3.48. The Bertz CT molecular complexity index is 899. The SMILES string of the molecule is N#CC1(CCc2ccccc2Br)CCN(S(=O)(=O)c2ccccc2)CC1. The summed E-state index contributed by atoms with van der Waals surface area (Å²) in [7, 11) is -3.48. The summed E-state index contributed by atoms with van der Waals surface area (Å²) in [6.45, 7) is 0.779. The van der Waals surface area contributed by atoms with Crippen LogP contribution in [0.3, 0.4) is 0 Å². The minimum absolute atomic E-state index is 0.317. The summed E-state index contributed by atoms with van der Waals surface area (Å²) in [5.41, 5.74) is 0.722. The third kappa shape index (κ3) is 4.01. The second-order valence-corrected chi connectivity index (χ2v) is 9.49. The minimum Gasteiger partial charge on any atom is -0.207 e. The first kappa shape index (κ1) is 19.1. The van der Waals surface area contributed by atoms with Crippen LogP contribution in [0.5, 0.6) is 0 Å². The van der Waals surface area contributed by atoms with Crippen molar-refractivity contribution in [3.8, 4) is 6.07 Å². The van der Waals surface area contributed by atoms with Gasteiger partial charge in [-0.25, -0.2) is 8.42 Å². The Morgan fingerprint density at radius 3 is 2.27 bits per heavy atom. The molecule has 1 aliphatic heterocycles. The van der Waals surface area contributed by atoms with Crippen molar-refractivity contribution in [3.63, 3.8) is 0 Å². The van der Waals surface area contributed by atoms with Crippen molar-refractivity contribution < 1.29 is 8.42 Å². The van der Waals surface area contributed by atoms with E-state index in [1.807, 2.05) is 18.2 Å². The van der Waals surface area contributed by atoms with E-state index in [2.05, 4.69) is 28.1 Å². The first-order valence-electron chi connectivity index (χ1n) is 8.67. The molecule has 3 rings (SSSR count).